The van der Waals surface area contributed by atoms with Crippen molar-refractivity contribution in [2.75, 3.05) is 27.2 Å². The molecule has 0 aromatic heterocycles. The fourth-order valence-corrected chi connectivity index (χ4v) is 3.61. The maximum absolute atomic E-state index is 14.7. The predicted octanol–water partition coefficient (Wildman–Crippen LogP) is 2.01. The third-order valence-electron chi connectivity index (χ3n) is 5.24. The number of aliphatic hydroxyl groups excluding tert-OH is 1. The van der Waals surface area contributed by atoms with Crippen LogP contribution in [0.2, 0.25) is 0 Å². The van der Waals surface area contributed by atoms with Gasteiger partial charge in [-0.1, -0.05) is 35.9 Å². The molecule has 1 atom stereocenters. The number of likely N-dealkylation sites (tertiary alicyclic amines) is 1. The third-order valence-corrected chi connectivity index (χ3v) is 5.24. The first-order chi connectivity index (χ1) is 13.7. The molecule has 1 aliphatic heterocycles. The van der Waals surface area contributed by atoms with Crippen LogP contribution >= 0.6 is 0 Å². The molecule has 2 aromatic rings. The SMILES string of the molecule is Cc1ccc(C)c(C(O)=C2C(=O)C(=O)N(CC[NH+](C)C)[C@H]2c2ccccc2F)c1. The first-order valence-electron chi connectivity index (χ1n) is 9.62. The molecule has 0 bridgehead atoms. The minimum Gasteiger partial charge on any atom is -0.507 e. The zero-order valence-electron chi connectivity index (χ0n) is 17.1. The average Bonchev–Trinajstić information content (AvgIpc) is 2.92. The van der Waals surface area contributed by atoms with Crippen LogP contribution in [0.1, 0.15) is 28.3 Å². The summed E-state index contributed by atoms with van der Waals surface area (Å²) in [5, 5.41) is 11.1. The Kier molecular flexibility index (Phi) is 5.84. The van der Waals surface area contributed by atoms with Crippen LogP contribution in [0.3, 0.4) is 0 Å². The number of halogens is 1. The highest BCUT2D eigenvalue weighted by Gasteiger charge is 2.47. The van der Waals surface area contributed by atoms with E-state index in [1.54, 1.807) is 24.3 Å². The number of quaternary nitrogens is 1. The van der Waals surface area contributed by atoms with Crippen LogP contribution in [-0.2, 0) is 9.59 Å². The summed E-state index contributed by atoms with van der Waals surface area (Å²) in [6.45, 7) is 4.55. The van der Waals surface area contributed by atoms with Gasteiger partial charge in [0.15, 0.2) is 0 Å². The lowest BCUT2D eigenvalue weighted by Gasteiger charge is -2.26. The number of nitrogens with zero attached hydrogens (tertiary/aromatic N) is 1. The van der Waals surface area contributed by atoms with E-state index in [-0.39, 0.29) is 23.4 Å². The van der Waals surface area contributed by atoms with E-state index in [1.165, 1.54) is 11.0 Å². The molecular weight excluding hydrogens is 371 g/mol. The maximum Gasteiger partial charge on any atom is 0.295 e. The number of aliphatic hydroxyl groups is 1. The second kappa shape index (κ2) is 8.17. The van der Waals surface area contributed by atoms with Gasteiger partial charge in [0.25, 0.3) is 11.7 Å². The average molecular weight is 397 g/mol. The largest absolute Gasteiger partial charge is 0.507 e. The normalized spacial score (nSPS) is 18.7. The van der Waals surface area contributed by atoms with E-state index in [0.717, 1.165) is 16.0 Å². The van der Waals surface area contributed by atoms with Gasteiger partial charge < -0.3 is 14.9 Å². The Hall–Kier alpha value is -2.99. The van der Waals surface area contributed by atoms with Crippen LogP contribution in [0.15, 0.2) is 48.0 Å². The Morgan fingerprint density at radius 1 is 1.14 bits per heavy atom. The Labute approximate surface area is 170 Å². The van der Waals surface area contributed by atoms with Gasteiger partial charge in [-0.25, -0.2) is 4.39 Å². The smallest absolute Gasteiger partial charge is 0.295 e. The first-order valence-corrected chi connectivity index (χ1v) is 9.62. The van der Waals surface area contributed by atoms with Gasteiger partial charge in [0, 0.05) is 11.1 Å². The van der Waals surface area contributed by atoms with Crippen molar-refractivity contribution in [2.45, 2.75) is 19.9 Å². The molecule has 2 aromatic carbocycles. The number of Topliss-reactive ketones (excluding diaryl/α,β-unsaturated/α-hetero) is 1. The maximum atomic E-state index is 14.7. The van der Waals surface area contributed by atoms with E-state index in [4.69, 9.17) is 0 Å². The fraction of sp³-hybridized carbons (Fsp3) is 0.304. The summed E-state index contributed by atoms with van der Waals surface area (Å²) in [6, 6.07) is 10.6. The molecule has 3 rings (SSSR count). The van der Waals surface area contributed by atoms with Gasteiger partial charge in [-0.2, -0.15) is 0 Å². The molecule has 6 heteroatoms. The Bertz CT molecular complexity index is 997. The number of carbonyl (C=O) groups excluding carboxylic acids is 2. The van der Waals surface area contributed by atoms with Crippen LogP contribution in [0, 0.1) is 19.7 Å². The number of ketones is 1. The second-order valence-electron chi connectivity index (χ2n) is 7.79. The van der Waals surface area contributed by atoms with Gasteiger partial charge >= 0.3 is 0 Å². The van der Waals surface area contributed by atoms with Gasteiger partial charge in [-0.3, -0.25) is 9.59 Å². The quantitative estimate of drug-likeness (QED) is 0.461. The molecule has 152 valence electrons. The van der Waals surface area contributed by atoms with E-state index in [0.29, 0.717) is 12.1 Å². The van der Waals surface area contributed by atoms with Gasteiger partial charge in [0.2, 0.25) is 0 Å². The number of hydrogen-bond donors (Lipinski definition) is 2. The minimum absolute atomic E-state index is 0.0671. The molecule has 0 spiro atoms. The van der Waals surface area contributed by atoms with Crippen LogP contribution in [0.25, 0.3) is 5.76 Å². The van der Waals surface area contributed by atoms with E-state index in [1.807, 2.05) is 40.1 Å². The number of amides is 1. The summed E-state index contributed by atoms with van der Waals surface area (Å²) in [4.78, 5) is 28.2. The number of hydrogen-bond acceptors (Lipinski definition) is 3. The van der Waals surface area contributed by atoms with Crippen molar-refractivity contribution in [2.24, 2.45) is 0 Å². The number of carbonyl (C=O) groups is 2. The van der Waals surface area contributed by atoms with Crippen LogP contribution in [-0.4, -0.2) is 48.9 Å². The Morgan fingerprint density at radius 2 is 1.83 bits per heavy atom. The number of nitrogens with one attached hydrogen (secondary N) is 1. The van der Waals surface area contributed by atoms with Crippen LogP contribution in [0.5, 0.6) is 0 Å². The van der Waals surface area contributed by atoms with Gasteiger partial charge in [-0.05, 0) is 31.5 Å². The number of aryl methyl sites for hydroxylation is 2. The highest BCUT2D eigenvalue weighted by molar-refractivity contribution is 6.46. The Morgan fingerprint density at radius 3 is 2.48 bits per heavy atom. The standard InChI is InChI=1S/C23H25FN2O3/c1-14-9-10-15(2)17(13-14)21(27)19-20(16-7-5-6-8-18(16)24)26(12-11-25(3)4)23(29)22(19)28/h5-10,13,20,27H,11-12H2,1-4H3/p+1/t20-/m0/s1. The lowest BCUT2D eigenvalue weighted by Crippen LogP contribution is -3.06. The molecule has 1 amide bonds. The molecule has 29 heavy (non-hydrogen) atoms. The van der Waals surface area contributed by atoms with Crippen molar-refractivity contribution in [3.8, 4) is 0 Å². The molecule has 0 unspecified atom stereocenters. The van der Waals surface area contributed by atoms with Crippen LogP contribution < -0.4 is 4.90 Å². The van der Waals surface area contributed by atoms with Crippen molar-refractivity contribution < 1.29 is 24.0 Å². The second-order valence-corrected chi connectivity index (χ2v) is 7.79. The predicted molar refractivity (Wildman–Crippen MR) is 109 cm³/mol. The third kappa shape index (κ3) is 3.93. The summed E-state index contributed by atoms with van der Waals surface area (Å²) >= 11 is 0. The zero-order valence-corrected chi connectivity index (χ0v) is 17.1. The van der Waals surface area contributed by atoms with Crippen molar-refractivity contribution in [3.05, 3.63) is 76.1 Å². The molecule has 5 nitrogen and oxygen atoms in total. The van der Waals surface area contributed by atoms with Gasteiger partial charge in [0.1, 0.15) is 11.6 Å². The number of benzene rings is 2. The number of rotatable bonds is 5. The van der Waals surface area contributed by atoms with E-state index >= 15 is 0 Å². The van der Waals surface area contributed by atoms with E-state index in [9.17, 15) is 19.1 Å². The molecule has 1 fully saturated rings. The monoisotopic (exact) mass is 397 g/mol. The summed E-state index contributed by atoms with van der Waals surface area (Å²) in [5.74, 6) is -2.29. The molecular formula is C23H26FN2O3+. The van der Waals surface area contributed by atoms with Crippen molar-refractivity contribution >= 4 is 17.4 Å². The van der Waals surface area contributed by atoms with Crippen molar-refractivity contribution in [3.63, 3.8) is 0 Å². The summed E-state index contributed by atoms with van der Waals surface area (Å²) in [6.07, 6.45) is 0. The first kappa shape index (κ1) is 20.7. The minimum atomic E-state index is -0.963. The highest BCUT2D eigenvalue weighted by atomic mass is 19.1. The molecule has 0 aliphatic carbocycles. The van der Waals surface area contributed by atoms with E-state index in [2.05, 4.69) is 0 Å². The van der Waals surface area contributed by atoms with E-state index < -0.39 is 23.5 Å². The summed E-state index contributed by atoms with van der Waals surface area (Å²) in [5.41, 5.74) is 2.28. The summed E-state index contributed by atoms with van der Waals surface area (Å²) in [7, 11) is 3.87. The molecule has 1 saturated heterocycles. The topological polar surface area (TPSA) is 62.0 Å². The van der Waals surface area contributed by atoms with Gasteiger partial charge in [-0.15, -0.1) is 0 Å². The Balaban J connectivity index is 2.22. The molecule has 1 heterocycles. The molecule has 2 N–H and O–H groups in total. The molecule has 0 saturated carbocycles. The molecule has 0 radical (unpaired) electrons. The number of likely N-dealkylation sites (N-methyl/N-ethyl adjacent to an activating group) is 1. The molecule has 1 aliphatic rings. The summed E-state index contributed by atoms with van der Waals surface area (Å²) < 4.78 is 14.7. The lowest BCUT2D eigenvalue weighted by molar-refractivity contribution is -0.857. The van der Waals surface area contributed by atoms with Crippen molar-refractivity contribution in [1.29, 1.82) is 0 Å². The van der Waals surface area contributed by atoms with Crippen molar-refractivity contribution in [1.82, 2.24) is 4.90 Å². The fourth-order valence-electron chi connectivity index (χ4n) is 3.61. The van der Waals surface area contributed by atoms with Gasteiger partial charge in [0.05, 0.1) is 38.8 Å². The lowest BCUT2D eigenvalue weighted by atomic mass is 9.93. The highest BCUT2D eigenvalue weighted by Crippen LogP contribution is 2.40. The zero-order chi connectivity index (χ0) is 21.3. The van der Waals surface area contributed by atoms with Crippen LogP contribution in [0.4, 0.5) is 4.39 Å².